The molecule has 2 aromatic heterocycles. The molecule has 0 radical (unpaired) electrons. The Kier molecular flexibility index (Phi) is 5.85. The van der Waals surface area contributed by atoms with Crippen LogP contribution in [0.15, 0.2) is 40.3 Å². The van der Waals surface area contributed by atoms with Gasteiger partial charge in [0.2, 0.25) is 5.91 Å². The summed E-state index contributed by atoms with van der Waals surface area (Å²) in [5, 5.41) is 1.13. The van der Waals surface area contributed by atoms with E-state index in [1.54, 1.807) is 23.1 Å². The molecular weight excluding hydrogens is 362 g/mol. The number of rotatable bonds is 6. The first-order chi connectivity index (χ1) is 13.0. The highest BCUT2D eigenvalue weighted by Crippen LogP contribution is 2.15. The fourth-order valence-corrected chi connectivity index (χ4v) is 3.59. The number of aryl methyl sites for hydroxylation is 2. The number of nitrogens with zero attached hydrogens (tertiary/aromatic N) is 4. The van der Waals surface area contributed by atoms with Crippen molar-refractivity contribution in [2.45, 2.75) is 32.5 Å². The van der Waals surface area contributed by atoms with Crippen LogP contribution in [-0.4, -0.2) is 43.0 Å². The van der Waals surface area contributed by atoms with Crippen LogP contribution in [0, 0.1) is 13.8 Å². The lowest BCUT2D eigenvalue weighted by Gasteiger charge is -2.20. The number of thioether (sulfide) groups is 1. The minimum atomic E-state index is -0.197. The van der Waals surface area contributed by atoms with E-state index in [2.05, 4.69) is 19.9 Å². The van der Waals surface area contributed by atoms with E-state index in [1.807, 2.05) is 32.9 Å². The molecule has 27 heavy (non-hydrogen) atoms. The Morgan fingerprint density at radius 2 is 1.85 bits per heavy atom. The molecule has 0 aliphatic heterocycles. The summed E-state index contributed by atoms with van der Waals surface area (Å²) in [7, 11) is 0. The van der Waals surface area contributed by atoms with Crippen molar-refractivity contribution in [2.75, 3.05) is 12.3 Å². The number of carbonyl (C=O) groups is 1. The molecule has 0 fully saturated rings. The lowest BCUT2D eigenvalue weighted by molar-refractivity contribution is -0.128. The van der Waals surface area contributed by atoms with Gasteiger partial charge in [-0.05, 0) is 39.0 Å². The van der Waals surface area contributed by atoms with Crippen LogP contribution in [0.3, 0.4) is 0 Å². The molecular formula is C19H21N5O2S. The minimum absolute atomic E-state index is 0.0546. The molecule has 0 unspecified atom stereocenters. The van der Waals surface area contributed by atoms with Crippen molar-refractivity contribution in [2.24, 2.45) is 0 Å². The van der Waals surface area contributed by atoms with Crippen molar-refractivity contribution in [3.05, 3.63) is 57.9 Å². The van der Waals surface area contributed by atoms with E-state index in [-0.39, 0.29) is 23.8 Å². The fraction of sp³-hybridized carbons (Fsp3) is 0.316. The smallest absolute Gasteiger partial charge is 0.258 e. The molecule has 140 valence electrons. The standard InChI is InChI=1S/C19H21N5O2S/c1-4-24(17(25)11-27-19-20-12(2)9-13(3)21-19)10-16-22-15-8-6-5-7-14(15)18(26)23-16/h5-9H,4,10-11H2,1-3H3,(H,22,23,26). The molecule has 3 aromatic rings. The van der Waals surface area contributed by atoms with E-state index >= 15 is 0 Å². The molecule has 0 saturated carbocycles. The van der Waals surface area contributed by atoms with Crippen LogP contribution in [0.2, 0.25) is 0 Å². The van der Waals surface area contributed by atoms with Gasteiger partial charge in [-0.2, -0.15) is 0 Å². The number of para-hydroxylation sites is 1. The molecule has 7 nitrogen and oxygen atoms in total. The first kappa shape index (κ1) is 19.0. The molecule has 0 bridgehead atoms. The molecule has 0 aliphatic rings. The molecule has 0 atom stereocenters. The number of amides is 1. The van der Waals surface area contributed by atoms with Gasteiger partial charge in [0.05, 0.1) is 23.2 Å². The largest absolute Gasteiger partial charge is 0.335 e. The molecule has 1 aromatic carbocycles. The average molecular weight is 383 g/mol. The zero-order chi connectivity index (χ0) is 19.4. The number of hydrogen-bond acceptors (Lipinski definition) is 6. The molecule has 0 spiro atoms. The normalized spacial score (nSPS) is 10.9. The summed E-state index contributed by atoms with van der Waals surface area (Å²) in [6.07, 6.45) is 0. The second-order valence-corrected chi connectivity index (χ2v) is 7.10. The highest BCUT2D eigenvalue weighted by molar-refractivity contribution is 7.99. The van der Waals surface area contributed by atoms with Crippen LogP contribution < -0.4 is 5.56 Å². The number of carbonyl (C=O) groups excluding carboxylic acids is 1. The molecule has 1 N–H and O–H groups in total. The maximum Gasteiger partial charge on any atom is 0.258 e. The predicted octanol–water partition coefficient (Wildman–Crippen LogP) is 2.47. The average Bonchev–Trinajstić information content (AvgIpc) is 2.63. The monoisotopic (exact) mass is 383 g/mol. The van der Waals surface area contributed by atoms with Gasteiger partial charge in [-0.1, -0.05) is 23.9 Å². The molecule has 0 aliphatic carbocycles. The van der Waals surface area contributed by atoms with Gasteiger partial charge in [0, 0.05) is 17.9 Å². The number of aromatic amines is 1. The lowest BCUT2D eigenvalue weighted by Crippen LogP contribution is -2.33. The summed E-state index contributed by atoms with van der Waals surface area (Å²) in [4.78, 5) is 42.4. The van der Waals surface area contributed by atoms with Gasteiger partial charge in [-0.15, -0.1) is 0 Å². The molecule has 0 saturated heterocycles. The number of aromatic nitrogens is 4. The molecule has 3 rings (SSSR count). The van der Waals surface area contributed by atoms with Crippen molar-refractivity contribution in [1.82, 2.24) is 24.8 Å². The fourth-order valence-electron chi connectivity index (χ4n) is 2.74. The molecule has 1 amide bonds. The van der Waals surface area contributed by atoms with Crippen molar-refractivity contribution in [3.8, 4) is 0 Å². The zero-order valence-corrected chi connectivity index (χ0v) is 16.3. The Balaban J connectivity index is 1.71. The zero-order valence-electron chi connectivity index (χ0n) is 15.5. The van der Waals surface area contributed by atoms with E-state index in [4.69, 9.17) is 0 Å². The summed E-state index contributed by atoms with van der Waals surface area (Å²) >= 11 is 1.31. The maximum absolute atomic E-state index is 12.6. The molecule has 2 heterocycles. The van der Waals surface area contributed by atoms with Gasteiger partial charge >= 0.3 is 0 Å². The predicted molar refractivity (Wildman–Crippen MR) is 106 cm³/mol. The van der Waals surface area contributed by atoms with Crippen LogP contribution in [0.5, 0.6) is 0 Å². The van der Waals surface area contributed by atoms with Crippen molar-refractivity contribution in [3.63, 3.8) is 0 Å². The third-order valence-corrected chi connectivity index (χ3v) is 4.86. The number of benzene rings is 1. The highest BCUT2D eigenvalue weighted by atomic mass is 32.2. The van der Waals surface area contributed by atoms with Gasteiger partial charge in [0.1, 0.15) is 5.82 Å². The highest BCUT2D eigenvalue weighted by Gasteiger charge is 2.15. The quantitative estimate of drug-likeness (QED) is 0.519. The SMILES string of the molecule is CCN(Cc1nc2ccccc2c(=O)[nH]1)C(=O)CSc1nc(C)cc(C)n1. The summed E-state index contributed by atoms with van der Waals surface area (Å²) in [5.74, 6) is 0.650. The van der Waals surface area contributed by atoms with Crippen molar-refractivity contribution < 1.29 is 4.79 Å². The lowest BCUT2D eigenvalue weighted by atomic mass is 10.2. The maximum atomic E-state index is 12.6. The van der Waals surface area contributed by atoms with Crippen LogP contribution >= 0.6 is 11.8 Å². The van der Waals surface area contributed by atoms with Gasteiger partial charge < -0.3 is 9.88 Å². The van der Waals surface area contributed by atoms with E-state index in [0.717, 1.165) is 11.4 Å². The topological polar surface area (TPSA) is 91.8 Å². The number of fused-ring (bicyclic) bond motifs is 1. The third-order valence-electron chi connectivity index (χ3n) is 4.02. The Morgan fingerprint density at radius 1 is 1.15 bits per heavy atom. The van der Waals surface area contributed by atoms with Crippen LogP contribution in [0.1, 0.15) is 24.1 Å². The van der Waals surface area contributed by atoms with Gasteiger partial charge in [-0.3, -0.25) is 9.59 Å². The third kappa shape index (κ3) is 4.71. The van der Waals surface area contributed by atoms with E-state index in [1.165, 1.54) is 11.8 Å². The Bertz CT molecular complexity index is 1010. The number of H-pyrrole nitrogens is 1. The number of nitrogens with one attached hydrogen (secondary N) is 1. The minimum Gasteiger partial charge on any atom is -0.335 e. The summed E-state index contributed by atoms with van der Waals surface area (Å²) in [6, 6.07) is 9.05. The Morgan fingerprint density at radius 3 is 2.56 bits per heavy atom. The summed E-state index contributed by atoms with van der Waals surface area (Å²) in [6.45, 7) is 6.48. The van der Waals surface area contributed by atoms with Crippen LogP contribution in [0.25, 0.3) is 10.9 Å². The summed E-state index contributed by atoms with van der Waals surface area (Å²) < 4.78 is 0. The second kappa shape index (κ2) is 8.30. The van der Waals surface area contributed by atoms with Gasteiger partial charge in [0.15, 0.2) is 5.16 Å². The van der Waals surface area contributed by atoms with Crippen LogP contribution in [-0.2, 0) is 11.3 Å². The van der Waals surface area contributed by atoms with E-state index < -0.39 is 0 Å². The van der Waals surface area contributed by atoms with E-state index in [9.17, 15) is 9.59 Å². The first-order valence-electron chi connectivity index (χ1n) is 8.67. The van der Waals surface area contributed by atoms with Gasteiger partial charge in [0.25, 0.3) is 5.56 Å². The first-order valence-corrected chi connectivity index (χ1v) is 9.65. The number of hydrogen-bond donors (Lipinski definition) is 1. The molecule has 8 heteroatoms. The van der Waals surface area contributed by atoms with Crippen LogP contribution in [0.4, 0.5) is 0 Å². The second-order valence-electron chi connectivity index (χ2n) is 6.16. The van der Waals surface area contributed by atoms with Crippen molar-refractivity contribution in [1.29, 1.82) is 0 Å². The van der Waals surface area contributed by atoms with Gasteiger partial charge in [-0.25, -0.2) is 15.0 Å². The Hall–Kier alpha value is -2.74. The van der Waals surface area contributed by atoms with Crippen molar-refractivity contribution >= 4 is 28.6 Å². The Labute approximate surface area is 161 Å². The van der Waals surface area contributed by atoms with E-state index in [0.29, 0.717) is 28.4 Å². The summed E-state index contributed by atoms with van der Waals surface area (Å²) in [5.41, 5.74) is 2.18.